The molecule has 2 amide bonds. The van der Waals surface area contributed by atoms with Crippen molar-refractivity contribution in [2.45, 2.75) is 13.0 Å². The van der Waals surface area contributed by atoms with E-state index in [0.29, 0.717) is 74.5 Å². The van der Waals surface area contributed by atoms with Gasteiger partial charge in [0.15, 0.2) is 5.75 Å². The van der Waals surface area contributed by atoms with Crippen LogP contribution in [0.15, 0.2) is 24.8 Å². The Morgan fingerprint density at radius 3 is 2.71 bits per heavy atom. The number of pyridine rings is 2. The Bertz CT molecular complexity index is 1180. The van der Waals surface area contributed by atoms with E-state index in [2.05, 4.69) is 11.6 Å². The number of morpholine rings is 1. The lowest BCUT2D eigenvalue weighted by Gasteiger charge is -2.39. The fourth-order valence-corrected chi connectivity index (χ4v) is 5.05. The van der Waals surface area contributed by atoms with Gasteiger partial charge in [0, 0.05) is 32.7 Å². The maximum atomic E-state index is 13.9. The zero-order valence-corrected chi connectivity index (χ0v) is 20.3. The van der Waals surface area contributed by atoms with Gasteiger partial charge in [0.1, 0.15) is 34.5 Å². The molecule has 0 bridgehead atoms. The smallest absolute Gasteiger partial charge is 0.261 e. The Morgan fingerprint density at radius 1 is 1.23 bits per heavy atom. The number of carbonyl (C=O) groups excluding carboxylic acids is 2. The first kappa shape index (κ1) is 23.4. The number of anilines is 2. The quantitative estimate of drug-likeness (QED) is 0.637. The van der Waals surface area contributed by atoms with Crippen molar-refractivity contribution in [3.63, 3.8) is 0 Å². The van der Waals surface area contributed by atoms with Crippen molar-refractivity contribution in [2.75, 3.05) is 63.2 Å². The third kappa shape index (κ3) is 4.28. The molecule has 0 radical (unpaired) electrons. The summed E-state index contributed by atoms with van der Waals surface area (Å²) in [6.45, 7) is 9.00. The number of aryl methyl sites for hydroxylation is 1. The van der Waals surface area contributed by atoms with Crippen molar-refractivity contribution in [3.05, 3.63) is 40.9 Å². The number of piperazine rings is 1. The molecule has 0 aliphatic carbocycles. The second-order valence-electron chi connectivity index (χ2n) is 8.81. The molecule has 11 heteroatoms. The molecule has 2 fully saturated rings. The number of hydrogen-bond donors (Lipinski definition) is 1. The molecular weight excluding hydrogens is 472 g/mol. The molecule has 3 aliphatic heterocycles. The van der Waals surface area contributed by atoms with Gasteiger partial charge in [-0.3, -0.25) is 9.59 Å². The minimum absolute atomic E-state index is 0.169. The van der Waals surface area contributed by atoms with Gasteiger partial charge in [-0.05, 0) is 30.7 Å². The highest BCUT2D eigenvalue weighted by Gasteiger charge is 2.40. The summed E-state index contributed by atoms with van der Waals surface area (Å²) in [4.78, 5) is 40.9. The summed E-state index contributed by atoms with van der Waals surface area (Å²) in [5.41, 5.74) is 8.14. The number of nitrogens with zero attached hydrogens (tertiary/aromatic N) is 5. The summed E-state index contributed by atoms with van der Waals surface area (Å²) in [5, 5.41) is 0.210. The van der Waals surface area contributed by atoms with E-state index in [0.717, 1.165) is 5.56 Å². The lowest BCUT2D eigenvalue weighted by Crippen LogP contribution is -2.57. The molecular formula is C24H27ClN6O4. The van der Waals surface area contributed by atoms with E-state index in [9.17, 15) is 9.59 Å². The van der Waals surface area contributed by atoms with Gasteiger partial charge in [0.2, 0.25) is 5.91 Å². The van der Waals surface area contributed by atoms with Crippen LogP contribution in [0.1, 0.15) is 15.9 Å². The summed E-state index contributed by atoms with van der Waals surface area (Å²) in [5.74, 6) is 0.730. The van der Waals surface area contributed by atoms with Crippen molar-refractivity contribution in [1.29, 1.82) is 0 Å². The Labute approximate surface area is 208 Å². The van der Waals surface area contributed by atoms with Crippen LogP contribution in [-0.4, -0.2) is 90.2 Å². The molecule has 2 saturated heterocycles. The zero-order valence-electron chi connectivity index (χ0n) is 19.5. The van der Waals surface area contributed by atoms with Gasteiger partial charge < -0.3 is 29.9 Å². The predicted molar refractivity (Wildman–Crippen MR) is 132 cm³/mol. The van der Waals surface area contributed by atoms with Crippen molar-refractivity contribution >= 4 is 35.1 Å². The average molecular weight is 499 g/mol. The van der Waals surface area contributed by atoms with Gasteiger partial charge >= 0.3 is 0 Å². The van der Waals surface area contributed by atoms with Crippen LogP contribution in [0, 0.1) is 6.92 Å². The maximum absolute atomic E-state index is 13.9. The molecule has 3 aliphatic rings. The third-order valence-corrected chi connectivity index (χ3v) is 6.83. The van der Waals surface area contributed by atoms with Crippen LogP contribution in [0.25, 0.3) is 11.4 Å². The van der Waals surface area contributed by atoms with Crippen molar-refractivity contribution in [3.8, 4) is 17.1 Å². The number of amides is 2. The highest BCUT2D eigenvalue weighted by molar-refractivity contribution is 6.35. The average Bonchev–Trinajstić information content (AvgIpc) is 3.00. The number of nitrogen functional groups attached to an aromatic ring is 1. The Morgan fingerprint density at radius 2 is 2.00 bits per heavy atom. The van der Waals surface area contributed by atoms with Gasteiger partial charge in [0.05, 0.1) is 24.9 Å². The van der Waals surface area contributed by atoms with Crippen LogP contribution in [0.3, 0.4) is 0 Å². The highest BCUT2D eigenvalue weighted by Crippen LogP contribution is 2.43. The lowest BCUT2D eigenvalue weighted by molar-refractivity contribution is -0.128. The predicted octanol–water partition coefficient (Wildman–Crippen LogP) is 1.76. The SMILES string of the molecule is C=CC(=O)N1CCN2C(=O)c3c(N4CCOCC4)nc(-c4cc(C)cc(N)n4)c(Cl)c3OCC2C1. The molecule has 35 heavy (non-hydrogen) atoms. The summed E-state index contributed by atoms with van der Waals surface area (Å²) >= 11 is 6.85. The maximum Gasteiger partial charge on any atom is 0.261 e. The fourth-order valence-electron chi connectivity index (χ4n) is 4.76. The summed E-state index contributed by atoms with van der Waals surface area (Å²) in [6, 6.07) is 3.29. The molecule has 0 saturated carbocycles. The Hall–Kier alpha value is -3.37. The van der Waals surface area contributed by atoms with Gasteiger partial charge in [-0.2, -0.15) is 0 Å². The first-order chi connectivity index (χ1) is 16.9. The molecule has 184 valence electrons. The first-order valence-electron chi connectivity index (χ1n) is 11.5. The Balaban J connectivity index is 1.63. The van der Waals surface area contributed by atoms with Crippen LogP contribution in [-0.2, 0) is 9.53 Å². The van der Waals surface area contributed by atoms with Crippen LogP contribution in [0.2, 0.25) is 5.02 Å². The summed E-state index contributed by atoms with van der Waals surface area (Å²) in [7, 11) is 0. The molecule has 10 nitrogen and oxygen atoms in total. The molecule has 0 aromatic carbocycles. The molecule has 2 N–H and O–H groups in total. The van der Waals surface area contributed by atoms with Crippen LogP contribution in [0.5, 0.6) is 5.75 Å². The third-order valence-electron chi connectivity index (χ3n) is 6.48. The van der Waals surface area contributed by atoms with Crippen LogP contribution < -0.4 is 15.4 Å². The zero-order chi connectivity index (χ0) is 24.7. The fraction of sp³-hybridized carbons (Fsp3) is 0.417. The molecule has 2 aromatic rings. The van der Waals surface area contributed by atoms with E-state index in [-0.39, 0.29) is 35.2 Å². The summed E-state index contributed by atoms with van der Waals surface area (Å²) < 4.78 is 11.7. The molecule has 1 unspecified atom stereocenters. The molecule has 2 aromatic heterocycles. The van der Waals surface area contributed by atoms with Gasteiger partial charge in [-0.1, -0.05) is 18.2 Å². The lowest BCUT2D eigenvalue weighted by atomic mass is 10.1. The van der Waals surface area contributed by atoms with Crippen molar-refractivity contribution < 1.29 is 19.1 Å². The van der Waals surface area contributed by atoms with E-state index in [1.54, 1.807) is 15.9 Å². The van der Waals surface area contributed by atoms with Gasteiger partial charge in [-0.25, -0.2) is 9.97 Å². The van der Waals surface area contributed by atoms with Crippen molar-refractivity contribution in [1.82, 2.24) is 19.8 Å². The molecule has 5 heterocycles. The van der Waals surface area contributed by atoms with Crippen LogP contribution >= 0.6 is 11.6 Å². The normalized spacial score (nSPS) is 20.0. The van der Waals surface area contributed by atoms with Crippen LogP contribution in [0.4, 0.5) is 11.6 Å². The number of aromatic nitrogens is 2. The minimum atomic E-state index is -0.322. The summed E-state index contributed by atoms with van der Waals surface area (Å²) in [6.07, 6.45) is 1.29. The number of fused-ring (bicyclic) bond motifs is 2. The highest BCUT2D eigenvalue weighted by atomic mass is 35.5. The standard InChI is InChI=1S/C24H27ClN6O4/c1-3-18(32)30-4-5-31-15(12-30)13-35-22-19(24(31)33)23(29-6-8-34-9-7-29)28-21(20(22)25)16-10-14(2)11-17(26)27-16/h3,10-11,15H,1,4-9,12-13H2,2H3,(H2,26,27). The Kier molecular flexibility index (Phi) is 6.24. The topological polar surface area (TPSA) is 114 Å². The largest absolute Gasteiger partial charge is 0.489 e. The van der Waals surface area contributed by atoms with Crippen molar-refractivity contribution in [2.24, 2.45) is 0 Å². The number of hydrogen-bond acceptors (Lipinski definition) is 8. The van der Waals surface area contributed by atoms with E-state index in [4.69, 9.17) is 31.8 Å². The molecule has 5 rings (SSSR count). The van der Waals surface area contributed by atoms with E-state index < -0.39 is 0 Å². The number of ether oxygens (including phenoxy) is 2. The van der Waals surface area contributed by atoms with E-state index in [1.807, 2.05) is 17.9 Å². The van der Waals surface area contributed by atoms with Gasteiger partial charge in [0.25, 0.3) is 5.91 Å². The second kappa shape index (κ2) is 9.35. The monoisotopic (exact) mass is 498 g/mol. The van der Waals surface area contributed by atoms with E-state index >= 15 is 0 Å². The molecule has 0 spiro atoms. The molecule has 1 atom stereocenters. The number of halogens is 1. The number of nitrogens with two attached hydrogens (primary N) is 1. The second-order valence-corrected chi connectivity index (χ2v) is 9.19. The van der Waals surface area contributed by atoms with E-state index in [1.165, 1.54) is 6.08 Å². The number of carbonyl (C=O) groups is 2. The first-order valence-corrected chi connectivity index (χ1v) is 11.9. The number of rotatable bonds is 3. The minimum Gasteiger partial charge on any atom is -0.489 e. The van der Waals surface area contributed by atoms with Gasteiger partial charge in [-0.15, -0.1) is 0 Å².